The van der Waals surface area contributed by atoms with Gasteiger partial charge in [0.15, 0.2) is 0 Å². The van der Waals surface area contributed by atoms with Gasteiger partial charge in [0.1, 0.15) is 0 Å². The Hall–Kier alpha value is -1.33. The molecule has 1 aliphatic rings. The second-order valence-electron chi connectivity index (χ2n) is 5.51. The van der Waals surface area contributed by atoms with Gasteiger partial charge in [-0.05, 0) is 43.5 Å². The molecule has 2 rings (SSSR count). The van der Waals surface area contributed by atoms with Crippen molar-refractivity contribution in [3.63, 3.8) is 0 Å². The van der Waals surface area contributed by atoms with Crippen LogP contribution < -0.4 is 0 Å². The Balaban J connectivity index is 1.86. The molecule has 0 atom stereocenters. The normalized spacial score (nSPS) is 16.7. The van der Waals surface area contributed by atoms with Crippen molar-refractivity contribution in [3.8, 4) is 6.07 Å². The molecule has 96 valence electrons. The van der Waals surface area contributed by atoms with Crippen LogP contribution in [0.4, 0.5) is 0 Å². The first kappa shape index (κ1) is 13.1. The largest absolute Gasteiger partial charge is 0.302 e. The average Bonchev–Trinajstić information content (AvgIpc) is 2.40. The topological polar surface area (TPSA) is 27.0 Å². The average molecular weight is 242 g/mol. The monoisotopic (exact) mass is 242 g/mol. The highest BCUT2D eigenvalue weighted by molar-refractivity contribution is 5.32. The third-order valence-corrected chi connectivity index (χ3v) is 3.80. The van der Waals surface area contributed by atoms with E-state index < -0.39 is 0 Å². The zero-order valence-corrected chi connectivity index (χ0v) is 11.2. The maximum atomic E-state index is 8.89. The van der Waals surface area contributed by atoms with E-state index >= 15 is 0 Å². The molecule has 1 aromatic rings. The maximum Gasteiger partial charge on any atom is 0.0991 e. The van der Waals surface area contributed by atoms with E-state index in [2.05, 4.69) is 24.1 Å². The Morgan fingerprint density at radius 1 is 1.28 bits per heavy atom. The first-order chi connectivity index (χ1) is 8.78. The highest BCUT2D eigenvalue weighted by atomic mass is 15.1. The van der Waals surface area contributed by atoms with Crippen molar-refractivity contribution in [1.82, 2.24) is 4.90 Å². The summed E-state index contributed by atoms with van der Waals surface area (Å²) in [6.45, 7) is 2.14. The minimum absolute atomic E-state index is 0.763. The molecule has 0 heterocycles. The highest BCUT2D eigenvalue weighted by Gasteiger charge is 2.15. The molecule has 0 spiro atoms. The summed E-state index contributed by atoms with van der Waals surface area (Å²) in [4.78, 5) is 2.40. The molecule has 1 aliphatic carbocycles. The van der Waals surface area contributed by atoms with Gasteiger partial charge >= 0.3 is 0 Å². The van der Waals surface area contributed by atoms with Crippen LogP contribution in [0.3, 0.4) is 0 Å². The lowest BCUT2D eigenvalue weighted by atomic mass is 9.89. The molecule has 1 saturated carbocycles. The van der Waals surface area contributed by atoms with Gasteiger partial charge in [-0.25, -0.2) is 0 Å². The van der Waals surface area contributed by atoms with Gasteiger partial charge in [-0.15, -0.1) is 0 Å². The number of hydrogen-bond donors (Lipinski definition) is 0. The zero-order valence-electron chi connectivity index (χ0n) is 11.2. The van der Waals surface area contributed by atoms with Gasteiger partial charge in [-0.1, -0.05) is 31.4 Å². The van der Waals surface area contributed by atoms with E-state index in [9.17, 15) is 0 Å². The van der Waals surface area contributed by atoms with Crippen LogP contribution in [0.5, 0.6) is 0 Å². The number of hydrogen-bond acceptors (Lipinski definition) is 2. The van der Waals surface area contributed by atoms with Gasteiger partial charge in [0.2, 0.25) is 0 Å². The molecule has 2 heteroatoms. The van der Waals surface area contributed by atoms with Crippen LogP contribution in [0.2, 0.25) is 0 Å². The Kier molecular flexibility index (Phi) is 4.78. The molecule has 0 aliphatic heterocycles. The molecular formula is C16H22N2. The summed E-state index contributed by atoms with van der Waals surface area (Å²) in [7, 11) is 2.19. The molecule has 0 N–H and O–H groups in total. The van der Waals surface area contributed by atoms with Crippen molar-refractivity contribution in [2.45, 2.75) is 38.6 Å². The van der Waals surface area contributed by atoms with E-state index in [0.29, 0.717) is 0 Å². The zero-order chi connectivity index (χ0) is 12.8. The van der Waals surface area contributed by atoms with Crippen molar-refractivity contribution in [2.75, 3.05) is 13.6 Å². The molecule has 0 unspecified atom stereocenters. The van der Waals surface area contributed by atoms with Crippen molar-refractivity contribution >= 4 is 0 Å². The molecule has 1 aromatic carbocycles. The molecular weight excluding hydrogens is 220 g/mol. The molecule has 0 radical (unpaired) electrons. The Morgan fingerprint density at radius 2 is 2.06 bits per heavy atom. The first-order valence-corrected chi connectivity index (χ1v) is 6.95. The van der Waals surface area contributed by atoms with E-state index in [1.54, 1.807) is 0 Å². The van der Waals surface area contributed by atoms with Crippen molar-refractivity contribution in [1.29, 1.82) is 5.26 Å². The number of nitriles is 1. The Bertz CT molecular complexity index is 413. The molecule has 18 heavy (non-hydrogen) atoms. The van der Waals surface area contributed by atoms with Gasteiger partial charge in [0.25, 0.3) is 0 Å². The van der Waals surface area contributed by atoms with Gasteiger partial charge in [-0.3, -0.25) is 0 Å². The van der Waals surface area contributed by atoms with Crippen LogP contribution in [0, 0.1) is 17.2 Å². The Labute approximate surface area is 110 Å². The summed E-state index contributed by atoms with van der Waals surface area (Å²) in [5.74, 6) is 0.878. The molecule has 2 nitrogen and oxygen atoms in total. The van der Waals surface area contributed by atoms with Crippen molar-refractivity contribution in [2.24, 2.45) is 5.92 Å². The van der Waals surface area contributed by atoms with E-state index in [0.717, 1.165) is 18.0 Å². The summed E-state index contributed by atoms with van der Waals surface area (Å²) < 4.78 is 0. The second kappa shape index (κ2) is 6.56. The number of nitrogens with zero attached hydrogens (tertiary/aromatic N) is 2. The SMILES string of the molecule is CN(Cc1cccc(C#N)c1)CC1CCCCC1. The van der Waals surface area contributed by atoms with Gasteiger partial charge in [0, 0.05) is 13.1 Å². The Morgan fingerprint density at radius 3 is 2.78 bits per heavy atom. The standard InChI is InChI=1S/C16H22N2/c1-18(12-14-6-3-2-4-7-14)13-16-9-5-8-15(10-16)11-17/h5,8-10,14H,2-4,6-7,12-13H2,1H3. The van der Waals surface area contributed by atoms with Crippen LogP contribution in [-0.4, -0.2) is 18.5 Å². The molecule has 0 amide bonds. The fraction of sp³-hybridized carbons (Fsp3) is 0.562. The number of benzene rings is 1. The lowest BCUT2D eigenvalue weighted by Gasteiger charge is -2.27. The smallest absolute Gasteiger partial charge is 0.0991 e. The second-order valence-corrected chi connectivity index (χ2v) is 5.51. The van der Waals surface area contributed by atoms with E-state index in [4.69, 9.17) is 5.26 Å². The third kappa shape index (κ3) is 3.85. The minimum atomic E-state index is 0.763. The fourth-order valence-electron chi connectivity index (χ4n) is 2.93. The van der Waals surface area contributed by atoms with Crippen LogP contribution in [0.1, 0.15) is 43.2 Å². The molecule has 0 aromatic heterocycles. The van der Waals surface area contributed by atoms with Crippen LogP contribution in [0.25, 0.3) is 0 Å². The predicted octanol–water partition coefficient (Wildman–Crippen LogP) is 3.57. The van der Waals surface area contributed by atoms with Crippen molar-refractivity contribution in [3.05, 3.63) is 35.4 Å². The van der Waals surface area contributed by atoms with E-state index in [1.165, 1.54) is 44.2 Å². The van der Waals surface area contributed by atoms with Crippen molar-refractivity contribution < 1.29 is 0 Å². The fourth-order valence-corrected chi connectivity index (χ4v) is 2.93. The van der Waals surface area contributed by atoms with E-state index in [-0.39, 0.29) is 0 Å². The van der Waals surface area contributed by atoms with Gasteiger partial charge in [-0.2, -0.15) is 5.26 Å². The van der Waals surface area contributed by atoms with Crippen LogP contribution in [0.15, 0.2) is 24.3 Å². The molecule has 0 saturated heterocycles. The number of rotatable bonds is 4. The highest BCUT2D eigenvalue weighted by Crippen LogP contribution is 2.24. The lowest BCUT2D eigenvalue weighted by molar-refractivity contribution is 0.228. The predicted molar refractivity (Wildman–Crippen MR) is 74.1 cm³/mol. The lowest BCUT2D eigenvalue weighted by Crippen LogP contribution is -2.26. The minimum Gasteiger partial charge on any atom is -0.302 e. The quantitative estimate of drug-likeness (QED) is 0.807. The van der Waals surface area contributed by atoms with Crippen LogP contribution in [-0.2, 0) is 6.54 Å². The summed E-state index contributed by atoms with van der Waals surface area (Å²) in [5.41, 5.74) is 2.01. The molecule has 0 bridgehead atoms. The third-order valence-electron chi connectivity index (χ3n) is 3.80. The summed E-state index contributed by atoms with van der Waals surface area (Å²) in [6.07, 6.45) is 7.01. The van der Waals surface area contributed by atoms with Gasteiger partial charge in [0.05, 0.1) is 11.6 Å². The van der Waals surface area contributed by atoms with Crippen LogP contribution >= 0.6 is 0 Å². The maximum absolute atomic E-state index is 8.89. The summed E-state index contributed by atoms with van der Waals surface area (Å²) >= 11 is 0. The van der Waals surface area contributed by atoms with E-state index in [1.807, 2.05) is 18.2 Å². The first-order valence-electron chi connectivity index (χ1n) is 6.95. The molecule has 1 fully saturated rings. The summed E-state index contributed by atoms with van der Waals surface area (Å²) in [6, 6.07) is 10.2. The van der Waals surface area contributed by atoms with Gasteiger partial charge < -0.3 is 4.90 Å². The summed E-state index contributed by atoms with van der Waals surface area (Å²) in [5, 5.41) is 8.89.